The van der Waals surface area contributed by atoms with Gasteiger partial charge in [0.25, 0.3) is 5.91 Å². The molecular weight excluding hydrogens is 254 g/mol. The molecule has 0 aliphatic rings. The SMILES string of the molecule is CC(C(=O)O)=C(C)C(=O)NC(=O)NC(C)CC(N)=O. The number of carbonyl (C=O) groups excluding carboxylic acids is 3. The predicted octanol–water partition coefficient (Wildman–Crippen LogP) is -0.503. The summed E-state index contributed by atoms with van der Waals surface area (Å²) in [6.07, 6.45) is -0.0649. The van der Waals surface area contributed by atoms with E-state index in [1.54, 1.807) is 6.92 Å². The third kappa shape index (κ3) is 6.20. The second-order valence-corrected chi connectivity index (χ2v) is 4.05. The second kappa shape index (κ2) is 7.14. The molecule has 8 nitrogen and oxygen atoms in total. The molecule has 4 amide bonds. The minimum Gasteiger partial charge on any atom is -0.478 e. The molecular formula is C11H17N3O5. The number of hydrogen-bond acceptors (Lipinski definition) is 4. The Hall–Kier alpha value is -2.38. The Kier molecular flexibility index (Phi) is 6.25. The molecule has 0 rings (SSSR count). The number of urea groups is 1. The summed E-state index contributed by atoms with van der Waals surface area (Å²) in [5.74, 6) is -2.64. The van der Waals surface area contributed by atoms with Crippen molar-refractivity contribution in [3.63, 3.8) is 0 Å². The van der Waals surface area contributed by atoms with E-state index < -0.39 is 29.9 Å². The number of nitrogens with one attached hydrogen (secondary N) is 2. The molecule has 1 unspecified atom stereocenters. The fraction of sp³-hybridized carbons (Fsp3) is 0.455. The number of aliphatic carboxylic acids is 1. The maximum Gasteiger partial charge on any atom is 0.331 e. The van der Waals surface area contributed by atoms with Gasteiger partial charge >= 0.3 is 12.0 Å². The zero-order chi connectivity index (χ0) is 15.2. The summed E-state index contributed by atoms with van der Waals surface area (Å²) in [7, 11) is 0. The molecule has 8 heteroatoms. The Balaban J connectivity index is 4.50. The molecule has 0 aliphatic heterocycles. The fourth-order valence-electron chi connectivity index (χ4n) is 1.14. The number of carbonyl (C=O) groups is 4. The maximum atomic E-state index is 11.5. The van der Waals surface area contributed by atoms with Gasteiger partial charge in [-0.1, -0.05) is 0 Å². The molecule has 0 aliphatic carbocycles. The molecule has 0 aromatic heterocycles. The third-order valence-corrected chi connectivity index (χ3v) is 2.34. The van der Waals surface area contributed by atoms with Crippen molar-refractivity contribution in [2.75, 3.05) is 0 Å². The fourth-order valence-corrected chi connectivity index (χ4v) is 1.14. The van der Waals surface area contributed by atoms with Crippen LogP contribution in [0, 0.1) is 0 Å². The molecule has 1 atom stereocenters. The monoisotopic (exact) mass is 271 g/mol. The highest BCUT2D eigenvalue weighted by atomic mass is 16.4. The highest BCUT2D eigenvalue weighted by molar-refractivity contribution is 6.07. The Labute approximate surface area is 110 Å². The van der Waals surface area contributed by atoms with Crippen molar-refractivity contribution < 1.29 is 24.3 Å². The molecule has 0 fully saturated rings. The van der Waals surface area contributed by atoms with E-state index in [-0.39, 0.29) is 17.6 Å². The van der Waals surface area contributed by atoms with E-state index >= 15 is 0 Å². The van der Waals surface area contributed by atoms with Crippen LogP contribution in [0.1, 0.15) is 27.2 Å². The van der Waals surface area contributed by atoms with Crippen LogP contribution in [0.25, 0.3) is 0 Å². The molecule has 106 valence electrons. The maximum absolute atomic E-state index is 11.5. The number of imide groups is 1. The van der Waals surface area contributed by atoms with Gasteiger partial charge in [-0.2, -0.15) is 0 Å². The summed E-state index contributed by atoms with van der Waals surface area (Å²) in [6.45, 7) is 4.09. The topological polar surface area (TPSA) is 139 Å². The van der Waals surface area contributed by atoms with Crippen LogP contribution in [-0.4, -0.2) is 35.0 Å². The van der Waals surface area contributed by atoms with E-state index in [4.69, 9.17) is 10.8 Å². The summed E-state index contributed by atoms with van der Waals surface area (Å²) >= 11 is 0. The predicted molar refractivity (Wildman–Crippen MR) is 66.0 cm³/mol. The smallest absolute Gasteiger partial charge is 0.331 e. The Morgan fingerprint density at radius 3 is 2.11 bits per heavy atom. The normalized spacial score (nSPS) is 13.0. The van der Waals surface area contributed by atoms with Gasteiger partial charge in [0.05, 0.1) is 0 Å². The molecule has 0 bridgehead atoms. The molecule has 0 spiro atoms. The molecule has 0 heterocycles. The van der Waals surface area contributed by atoms with Gasteiger partial charge < -0.3 is 16.2 Å². The van der Waals surface area contributed by atoms with E-state index in [0.717, 1.165) is 0 Å². The van der Waals surface area contributed by atoms with Crippen molar-refractivity contribution in [3.8, 4) is 0 Å². The summed E-state index contributed by atoms with van der Waals surface area (Å²) in [4.78, 5) is 44.1. The van der Waals surface area contributed by atoms with Gasteiger partial charge in [0.15, 0.2) is 0 Å². The van der Waals surface area contributed by atoms with Crippen molar-refractivity contribution in [2.45, 2.75) is 33.2 Å². The Morgan fingerprint density at radius 2 is 1.68 bits per heavy atom. The highest BCUT2D eigenvalue weighted by Gasteiger charge is 2.16. The van der Waals surface area contributed by atoms with Gasteiger partial charge in [-0.25, -0.2) is 9.59 Å². The first-order chi connectivity index (χ1) is 8.65. The number of primary amides is 1. The molecule has 19 heavy (non-hydrogen) atoms. The number of nitrogens with two attached hydrogens (primary N) is 1. The lowest BCUT2D eigenvalue weighted by Gasteiger charge is -2.12. The Morgan fingerprint density at radius 1 is 1.16 bits per heavy atom. The van der Waals surface area contributed by atoms with Crippen LogP contribution in [0.15, 0.2) is 11.1 Å². The molecule has 0 saturated carbocycles. The molecule has 0 aromatic rings. The van der Waals surface area contributed by atoms with Crippen LogP contribution >= 0.6 is 0 Å². The average molecular weight is 271 g/mol. The van der Waals surface area contributed by atoms with Gasteiger partial charge in [0.1, 0.15) is 0 Å². The quantitative estimate of drug-likeness (QED) is 0.499. The number of rotatable bonds is 5. The van der Waals surface area contributed by atoms with Crippen molar-refractivity contribution in [1.29, 1.82) is 0 Å². The van der Waals surface area contributed by atoms with Crippen molar-refractivity contribution in [3.05, 3.63) is 11.1 Å². The van der Waals surface area contributed by atoms with E-state index in [1.807, 2.05) is 5.32 Å². The van der Waals surface area contributed by atoms with E-state index in [1.165, 1.54) is 13.8 Å². The lowest BCUT2D eigenvalue weighted by molar-refractivity contribution is -0.133. The van der Waals surface area contributed by atoms with Crippen LogP contribution in [0.5, 0.6) is 0 Å². The highest BCUT2D eigenvalue weighted by Crippen LogP contribution is 2.03. The van der Waals surface area contributed by atoms with Crippen LogP contribution in [0.3, 0.4) is 0 Å². The van der Waals surface area contributed by atoms with Gasteiger partial charge in [-0.15, -0.1) is 0 Å². The van der Waals surface area contributed by atoms with Crippen molar-refractivity contribution in [1.82, 2.24) is 10.6 Å². The zero-order valence-corrected chi connectivity index (χ0v) is 10.9. The standard InChI is InChI=1S/C11H17N3O5/c1-5(4-8(12)15)13-11(19)14-9(16)6(2)7(3)10(17)18/h5H,4H2,1-3H3,(H2,12,15)(H,17,18)(H2,13,14,16,19). The largest absolute Gasteiger partial charge is 0.478 e. The van der Waals surface area contributed by atoms with E-state index in [0.29, 0.717) is 0 Å². The molecule has 0 radical (unpaired) electrons. The summed E-state index contributed by atoms with van der Waals surface area (Å²) in [5, 5.41) is 13.0. The molecule has 5 N–H and O–H groups in total. The van der Waals surface area contributed by atoms with Gasteiger partial charge in [0, 0.05) is 23.6 Å². The molecule has 0 saturated heterocycles. The number of carboxylic acid groups (broad SMARTS) is 1. The average Bonchev–Trinajstić information content (AvgIpc) is 2.24. The van der Waals surface area contributed by atoms with Gasteiger partial charge in [-0.05, 0) is 20.8 Å². The first kappa shape index (κ1) is 16.6. The first-order valence-corrected chi connectivity index (χ1v) is 5.46. The van der Waals surface area contributed by atoms with E-state index in [2.05, 4.69) is 5.32 Å². The zero-order valence-electron chi connectivity index (χ0n) is 10.9. The van der Waals surface area contributed by atoms with Gasteiger partial charge in [0.2, 0.25) is 5.91 Å². The van der Waals surface area contributed by atoms with Crippen LogP contribution in [0.4, 0.5) is 4.79 Å². The van der Waals surface area contributed by atoms with Crippen molar-refractivity contribution >= 4 is 23.8 Å². The van der Waals surface area contributed by atoms with E-state index in [9.17, 15) is 19.2 Å². The minimum absolute atomic E-state index is 0.0649. The summed E-state index contributed by atoms with van der Waals surface area (Å²) in [6, 6.07) is -1.36. The number of carboxylic acids is 1. The van der Waals surface area contributed by atoms with Crippen LogP contribution in [-0.2, 0) is 14.4 Å². The first-order valence-electron chi connectivity index (χ1n) is 5.46. The van der Waals surface area contributed by atoms with Gasteiger partial charge in [-0.3, -0.25) is 14.9 Å². The lowest BCUT2D eigenvalue weighted by Crippen LogP contribution is -2.45. The summed E-state index contributed by atoms with van der Waals surface area (Å²) in [5.41, 5.74) is 4.71. The minimum atomic E-state index is -1.24. The second-order valence-electron chi connectivity index (χ2n) is 4.05. The van der Waals surface area contributed by atoms with Crippen LogP contribution in [0.2, 0.25) is 0 Å². The number of amides is 4. The van der Waals surface area contributed by atoms with Crippen molar-refractivity contribution in [2.24, 2.45) is 5.73 Å². The Bertz CT molecular complexity index is 442. The number of hydrogen-bond donors (Lipinski definition) is 4. The van der Waals surface area contributed by atoms with Crippen LogP contribution < -0.4 is 16.4 Å². The summed E-state index contributed by atoms with van der Waals surface area (Å²) < 4.78 is 0. The third-order valence-electron chi connectivity index (χ3n) is 2.34. The lowest BCUT2D eigenvalue weighted by atomic mass is 10.1. The molecule has 0 aromatic carbocycles.